The van der Waals surface area contributed by atoms with Crippen LogP contribution in [0.2, 0.25) is 0 Å². The number of nitriles is 1. The highest BCUT2D eigenvalue weighted by atomic mass is 32.1. The van der Waals surface area contributed by atoms with Crippen molar-refractivity contribution in [2.24, 2.45) is 0 Å². The maximum absolute atomic E-state index is 12.5. The molecule has 0 aliphatic rings. The molecule has 0 aliphatic heterocycles. The zero-order valence-electron chi connectivity index (χ0n) is 11.2. The second kappa shape index (κ2) is 5.10. The molecule has 0 saturated carbocycles. The van der Waals surface area contributed by atoms with Crippen LogP contribution in [0.4, 0.5) is 0 Å². The molecule has 0 bridgehead atoms. The zero-order valence-corrected chi connectivity index (χ0v) is 12.0. The molecule has 0 N–H and O–H groups in total. The Morgan fingerprint density at radius 1 is 1.45 bits per heavy atom. The standard InChI is InChI=1S/C14H14N4OS/c1-2-13-16-17(7-4-3-6-15)14(19)11-9-12-10(18(11)13)5-8-20-12/h5,8-9H,2-4,7H2,1H3. The fraction of sp³-hybridized carbons (Fsp3) is 0.357. The molecule has 0 fully saturated rings. The van der Waals surface area contributed by atoms with Crippen LogP contribution in [-0.2, 0) is 13.0 Å². The van der Waals surface area contributed by atoms with Crippen LogP contribution >= 0.6 is 11.3 Å². The van der Waals surface area contributed by atoms with Gasteiger partial charge in [-0.3, -0.25) is 9.20 Å². The molecule has 5 nitrogen and oxygen atoms in total. The molecule has 3 heterocycles. The average molecular weight is 286 g/mol. The summed E-state index contributed by atoms with van der Waals surface area (Å²) in [6.07, 6.45) is 1.85. The molecule has 3 aromatic rings. The van der Waals surface area contributed by atoms with Gasteiger partial charge in [0, 0.05) is 19.4 Å². The zero-order chi connectivity index (χ0) is 14.1. The van der Waals surface area contributed by atoms with Gasteiger partial charge in [0.1, 0.15) is 11.3 Å². The Labute approximate surface area is 119 Å². The lowest BCUT2D eigenvalue weighted by Crippen LogP contribution is -2.27. The van der Waals surface area contributed by atoms with Crippen molar-refractivity contribution < 1.29 is 0 Å². The predicted octanol–water partition coefficient (Wildman–Crippen LogP) is 2.58. The van der Waals surface area contributed by atoms with Gasteiger partial charge in [-0.1, -0.05) is 6.92 Å². The Balaban J connectivity index is 2.22. The minimum Gasteiger partial charge on any atom is -0.290 e. The van der Waals surface area contributed by atoms with Crippen molar-refractivity contribution in [3.63, 3.8) is 0 Å². The smallest absolute Gasteiger partial charge is 0.290 e. The Bertz CT molecular complexity index is 865. The SMILES string of the molecule is CCc1nn(CCCC#N)c(=O)c2cc3sccc3n12. The van der Waals surface area contributed by atoms with Crippen LogP contribution in [0.25, 0.3) is 15.7 Å². The third-order valence-corrected chi connectivity index (χ3v) is 4.20. The van der Waals surface area contributed by atoms with Crippen molar-refractivity contribution in [1.29, 1.82) is 5.26 Å². The van der Waals surface area contributed by atoms with Crippen LogP contribution in [-0.4, -0.2) is 14.2 Å². The van der Waals surface area contributed by atoms with Crippen molar-refractivity contribution in [2.45, 2.75) is 32.7 Å². The quantitative estimate of drug-likeness (QED) is 0.692. The van der Waals surface area contributed by atoms with Gasteiger partial charge in [-0.15, -0.1) is 11.3 Å². The summed E-state index contributed by atoms with van der Waals surface area (Å²) in [5, 5.41) is 15.1. The number of hydrogen-bond acceptors (Lipinski definition) is 4. The maximum atomic E-state index is 12.5. The molecule has 0 amide bonds. The monoisotopic (exact) mass is 286 g/mol. The van der Waals surface area contributed by atoms with E-state index in [4.69, 9.17) is 5.26 Å². The van der Waals surface area contributed by atoms with Gasteiger partial charge in [0.25, 0.3) is 5.56 Å². The Morgan fingerprint density at radius 2 is 2.30 bits per heavy atom. The number of thiophene rings is 1. The molecule has 0 radical (unpaired) electrons. The van der Waals surface area contributed by atoms with Gasteiger partial charge in [0.05, 0.1) is 16.3 Å². The lowest BCUT2D eigenvalue weighted by molar-refractivity contribution is 0.535. The molecule has 0 spiro atoms. The van der Waals surface area contributed by atoms with Crippen LogP contribution in [0.3, 0.4) is 0 Å². The van der Waals surface area contributed by atoms with Crippen molar-refractivity contribution in [2.75, 3.05) is 0 Å². The summed E-state index contributed by atoms with van der Waals surface area (Å²) < 4.78 is 4.55. The van der Waals surface area contributed by atoms with Gasteiger partial charge in [0.2, 0.25) is 0 Å². The van der Waals surface area contributed by atoms with Crippen LogP contribution in [0.5, 0.6) is 0 Å². The normalized spacial score (nSPS) is 11.2. The molecule has 0 atom stereocenters. The number of nitrogens with zero attached hydrogens (tertiary/aromatic N) is 4. The van der Waals surface area contributed by atoms with E-state index in [0.717, 1.165) is 22.5 Å². The average Bonchev–Trinajstić information content (AvgIpc) is 3.02. The molecule has 3 rings (SSSR count). The molecule has 0 aliphatic carbocycles. The molecule has 102 valence electrons. The van der Waals surface area contributed by atoms with Crippen LogP contribution in [0, 0.1) is 11.3 Å². The molecule has 3 aromatic heterocycles. The number of aromatic nitrogens is 3. The van der Waals surface area contributed by atoms with Crippen molar-refractivity contribution >= 4 is 27.1 Å². The number of unbranched alkanes of at least 4 members (excludes halogenated alkanes) is 1. The van der Waals surface area contributed by atoms with E-state index >= 15 is 0 Å². The summed E-state index contributed by atoms with van der Waals surface area (Å²) in [5.74, 6) is 0.880. The van der Waals surface area contributed by atoms with Gasteiger partial charge in [-0.25, -0.2) is 4.68 Å². The number of fused-ring (bicyclic) bond motifs is 3. The lowest BCUT2D eigenvalue weighted by atomic mass is 10.3. The Hall–Kier alpha value is -2.13. The van der Waals surface area contributed by atoms with Crippen LogP contribution in [0.15, 0.2) is 22.3 Å². The first-order valence-corrected chi connectivity index (χ1v) is 7.50. The molecule has 0 saturated heterocycles. The van der Waals surface area contributed by atoms with E-state index in [-0.39, 0.29) is 5.56 Å². The number of hydrogen-bond donors (Lipinski definition) is 0. The number of rotatable bonds is 4. The van der Waals surface area contributed by atoms with Gasteiger partial charge in [-0.2, -0.15) is 10.4 Å². The van der Waals surface area contributed by atoms with E-state index < -0.39 is 0 Å². The molecule has 0 aromatic carbocycles. The molecule has 6 heteroatoms. The Morgan fingerprint density at radius 3 is 3.05 bits per heavy atom. The van der Waals surface area contributed by atoms with Gasteiger partial charge in [-0.05, 0) is 23.9 Å². The van der Waals surface area contributed by atoms with E-state index in [0.29, 0.717) is 24.9 Å². The van der Waals surface area contributed by atoms with E-state index in [1.54, 1.807) is 11.3 Å². The Kier molecular flexibility index (Phi) is 3.28. The largest absolute Gasteiger partial charge is 0.291 e. The van der Waals surface area contributed by atoms with E-state index in [9.17, 15) is 4.79 Å². The highest BCUT2D eigenvalue weighted by molar-refractivity contribution is 7.17. The number of aryl methyl sites for hydroxylation is 2. The first-order chi connectivity index (χ1) is 9.76. The molecular weight excluding hydrogens is 272 g/mol. The third kappa shape index (κ3) is 1.91. The summed E-state index contributed by atoms with van der Waals surface area (Å²) in [5.41, 5.74) is 1.65. The summed E-state index contributed by atoms with van der Waals surface area (Å²) in [7, 11) is 0. The first kappa shape index (κ1) is 12.9. The van der Waals surface area contributed by atoms with Gasteiger partial charge < -0.3 is 0 Å². The highest BCUT2D eigenvalue weighted by Crippen LogP contribution is 2.24. The summed E-state index contributed by atoms with van der Waals surface area (Å²) in [6.45, 7) is 2.53. The lowest BCUT2D eigenvalue weighted by Gasteiger charge is -2.08. The van der Waals surface area contributed by atoms with Crippen molar-refractivity contribution in [3.8, 4) is 6.07 Å². The van der Waals surface area contributed by atoms with E-state index in [1.165, 1.54) is 4.68 Å². The maximum Gasteiger partial charge on any atom is 0.291 e. The highest BCUT2D eigenvalue weighted by Gasteiger charge is 2.13. The van der Waals surface area contributed by atoms with E-state index in [2.05, 4.69) is 11.2 Å². The predicted molar refractivity (Wildman–Crippen MR) is 79.1 cm³/mol. The fourth-order valence-corrected chi connectivity index (χ4v) is 3.21. The van der Waals surface area contributed by atoms with Gasteiger partial charge >= 0.3 is 0 Å². The minimum absolute atomic E-state index is 0.0801. The fourth-order valence-electron chi connectivity index (χ4n) is 2.41. The van der Waals surface area contributed by atoms with Crippen molar-refractivity contribution in [3.05, 3.63) is 33.7 Å². The summed E-state index contributed by atoms with van der Waals surface area (Å²) in [4.78, 5) is 12.5. The second-order valence-electron chi connectivity index (χ2n) is 4.59. The van der Waals surface area contributed by atoms with Crippen LogP contribution in [0.1, 0.15) is 25.6 Å². The van der Waals surface area contributed by atoms with Crippen molar-refractivity contribution in [1.82, 2.24) is 14.2 Å². The molecule has 0 unspecified atom stereocenters. The first-order valence-electron chi connectivity index (χ1n) is 6.62. The summed E-state index contributed by atoms with van der Waals surface area (Å²) >= 11 is 1.63. The van der Waals surface area contributed by atoms with Crippen LogP contribution < -0.4 is 5.56 Å². The molecular formula is C14H14N4OS. The van der Waals surface area contributed by atoms with E-state index in [1.807, 2.05) is 28.8 Å². The van der Waals surface area contributed by atoms with Gasteiger partial charge in [0.15, 0.2) is 0 Å². The second-order valence-corrected chi connectivity index (χ2v) is 5.54. The third-order valence-electron chi connectivity index (χ3n) is 3.35. The minimum atomic E-state index is -0.0801. The summed E-state index contributed by atoms with van der Waals surface area (Å²) in [6, 6.07) is 6.05. The topological polar surface area (TPSA) is 63.1 Å². The molecule has 20 heavy (non-hydrogen) atoms.